The van der Waals surface area contributed by atoms with Crippen molar-refractivity contribution in [3.8, 4) is 0 Å². The number of rotatable bonds is 7. The van der Waals surface area contributed by atoms with E-state index in [0.29, 0.717) is 29.3 Å². The highest BCUT2D eigenvalue weighted by atomic mass is 16.5. The fourth-order valence-electron chi connectivity index (χ4n) is 2.45. The molecule has 0 spiro atoms. The van der Waals surface area contributed by atoms with Crippen molar-refractivity contribution in [3.05, 3.63) is 64.7 Å². The first-order chi connectivity index (χ1) is 13.3. The molecule has 0 aliphatic rings. The second kappa shape index (κ2) is 9.69. The molecule has 0 fully saturated rings. The largest absolute Gasteiger partial charge is 0.452 e. The Kier molecular flexibility index (Phi) is 7.32. The molecule has 6 nitrogen and oxygen atoms in total. The number of benzene rings is 2. The summed E-state index contributed by atoms with van der Waals surface area (Å²) in [7, 11) is 0. The lowest BCUT2D eigenvalue weighted by Crippen LogP contribution is -2.29. The van der Waals surface area contributed by atoms with E-state index in [1.165, 1.54) is 0 Å². The Morgan fingerprint density at radius 3 is 2.39 bits per heavy atom. The molecule has 148 valence electrons. The van der Waals surface area contributed by atoms with E-state index in [-0.39, 0.29) is 5.91 Å². The normalized spacial score (nSPS) is 10.5. The van der Waals surface area contributed by atoms with Gasteiger partial charge in [0.05, 0.1) is 16.8 Å². The van der Waals surface area contributed by atoms with Crippen molar-refractivity contribution in [2.75, 3.05) is 18.5 Å². The van der Waals surface area contributed by atoms with Crippen LogP contribution in [-0.2, 0) is 9.53 Å². The number of hydrogen-bond donors (Lipinski definition) is 2. The predicted molar refractivity (Wildman–Crippen MR) is 108 cm³/mol. The van der Waals surface area contributed by atoms with Crippen LogP contribution in [0.4, 0.5) is 5.69 Å². The van der Waals surface area contributed by atoms with E-state index in [9.17, 15) is 14.4 Å². The van der Waals surface area contributed by atoms with Gasteiger partial charge in [-0.15, -0.1) is 0 Å². The minimum atomic E-state index is -0.568. The maximum absolute atomic E-state index is 12.3. The zero-order valence-corrected chi connectivity index (χ0v) is 16.7. The molecule has 0 atom stereocenters. The van der Waals surface area contributed by atoms with Crippen molar-refractivity contribution in [3.63, 3.8) is 0 Å². The zero-order valence-electron chi connectivity index (χ0n) is 16.7. The molecule has 2 amide bonds. The average Bonchev–Trinajstić information content (AvgIpc) is 2.66. The summed E-state index contributed by atoms with van der Waals surface area (Å²) >= 11 is 0. The average molecular weight is 382 g/mol. The third-order valence-corrected chi connectivity index (χ3v) is 4.19. The van der Waals surface area contributed by atoms with Crippen LogP contribution in [0.1, 0.15) is 45.7 Å². The van der Waals surface area contributed by atoms with E-state index in [0.717, 1.165) is 11.1 Å². The van der Waals surface area contributed by atoms with Crippen LogP contribution in [-0.4, -0.2) is 30.9 Å². The van der Waals surface area contributed by atoms with Crippen molar-refractivity contribution >= 4 is 23.5 Å². The number of esters is 1. The van der Waals surface area contributed by atoms with Crippen LogP contribution in [0.5, 0.6) is 0 Å². The Morgan fingerprint density at radius 2 is 1.71 bits per heavy atom. The van der Waals surface area contributed by atoms with E-state index in [2.05, 4.69) is 10.6 Å². The fourth-order valence-corrected chi connectivity index (χ4v) is 2.45. The maximum atomic E-state index is 12.3. The third kappa shape index (κ3) is 5.94. The smallest absolute Gasteiger partial charge is 0.338 e. The van der Waals surface area contributed by atoms with Crippen LogP contribution in [0.3, 0.4) is 0 Å². The molecule has 2 aromatic carbocycles. The Balaban J connectivity index is 1.96. The Hall–Kier alpha value is -3.15. The second-order valence-corrected chi connectivity index (χ2v) is 7.07. The standard InChI is InChI=1S/C22H26N2O4/c1-14(2)12-23-21(26)18-7-5-6-8-19(18)24-20(25)13-28-22(27)17-10-9-15(3)16(4)11-17/h5-11,14H,12-13H2,1-4H3,(H,23,26)(H,24,25). The van der Waals surface area contributed by atoms with Crippen LogP contribution in [0.25, 0.3) is 0 Å². The van der Waals surface area contributed by atoms with Crippen LogP contribution in [0.2, 0.25) is 0 Å². The van der Waals surface area contributed by atoms with Crippen LogP contribution in [0, 0.1) is 19.8 Å². The van der Waals surface area contributed by atoms with Gasteiger partial charge in [-0.1, -0.05) is 32.0 Å². The second-order valence-electron chi connectivity index (χ2n) is 7.07. The summed E-state index contributed by atoms with van der Waals surface area (Å²) in [6.07, 6.45) is 0. The van der Waals surface area contributed by atoms with Gasteiger partial charge in [-0.3, -0.25) is 9.59 Å². The number of hydrogen-bond acceptors (Lipinski definition) is 4. The SMILES string of the molecule is Cc1ccc(C(=O)OCC(=O)Nc2ccccc2C(=O)NCC(C)C)cc1C. The minimum absolute atomic E-state index is 0.267. The summed E-state index contributed by atoms with van der Waals surface area (Å²) < 4.78 is 5.08. The molecule has 6 heteroatoms. The van der Waals surface area contributed by atoms with Gasteiger partial charge in [0, 0.05) is 6.54 Å². The fraction of sp³-hybridized carbons (Fsp3) is 0.318. The molecular formula is C22H26N2O4. The van der Waals surface area contributed by atoms with Gasteiger partial charge < -0.3 is 15.4 Å². The molecule has 0 aliphatic heterocycles. The lowest BCUT2D eigenvalue weighted by molar-refractivity contribution is -0.119. The molecule has 0 bridgehead atoms. The number of nitrogens with one attached hydrogen (secondary N) is 2. The number of para-hydroxylation sites is 1. The monoisotopic (exact) mass is 382 g/mol. The van der Waals surface area contributed by atoms with E-state index >= 15 is 0 Å². The molecule has 0 unspecified atom stereocenters. The molecule has 0 aromatic heterocycles. The first kappa shape index (κ1) is 21.2. The quantitative estimate of drug-likeness (QED) is 0.718. The van der Waals surface area contributed by atoms with Crippen molar-refractivity contribution in [1.29, 1.82) is 0 Å². The molecule has 2 aromatic rings. The minimum Gasteiger partial charge on any atom is -0.452 e. The van der Waals surface area contributed by atoms with Crippen molar-refractivity contribution in [1.82, 2.24) is 5.32 Å². The third-order valence-electron chi connectivity index (χ3n) is 4.19. The van der Waals surface area contributed by atoms with Gasteiger partial charge in [0.2, 0.25) is 0 Å². The van der Waals surface area contributed by atoms with Crippen LogP contribution >= 0.6 is 0 Å². The molecule has 2 N–H and O–H groups in total. The van der Waals surface area contributed by atoms with E-state index in [1.54, 1.807) is 36.4 Å². The number of carbonyl (C=O) groups is 3. The summed E-state index contributed by atoms with van der Waals surface area (Å²) in [5, 5.41) is 5.45. The summed E-state index contributed by atoms with van der Waals surface area (Å²) in [6, 6.07) is 11.9. The van der Waals surface area contributed by atoms with E-state index in [4.69, 9.17) is 4.74 Å². The molecule has 0 saturated carbocycles. The van der Waals surface area contributed by atoms with Gasteiger partial charge >= 0.3 is 5.97 Å². The van der Waals surface area contributed by atoms with Gasteiger partial charge in [-0.25, -0.2) is 4.79 Å². The molecular weight excluding hydrogens is 356 g/mol. The summed E-state index contributed by atoms with van der Waals surface area (Å²) in [4.78, 5) is 36.6. The van der Waals surface area contributed by atoms with Crippen molar-refractivity contribution in [2.24, 2.45) is 5.92 Å². The van der Waals surface area contributed by atoms with Gasteiger partial charge in [0.15, 0.2) is 6.61 Å². The zero-order chi connectivity index (χ0) is 20.7. The highest BCUT2D eigenvalue weighted by molar-refractivity contribution is 6.04. The van der Waals surface area contributed by atoms with Gasteiger partial charge in [-0.05, 0) is 55.2 Å². The van der Waals surface area contributed by atoms with Crippen molar-refractivity contribution in [2.45, 2.75) is 27.7 Å². The topological polar surface area (TPSA) is 84.5 Å². The molecule has 0 saturated heterocycles. The Labute approximate surface area is 165 Å². The van der Waals surface area contributed by atoms with Gasteiger partial charge in [0.25, 0.3) is 11.8 Å². The highest BCUT2D eigenvalue weighted by Gasteiger charge is 2.15. The van der Waals surface area contributed by atoms with Gasteiger partial charge in [0.1, 0.15) is 0 Å². The Bertz CT molecular complexity index is 875. The molecule has 0 aliphatic carbocycles. The number of ether oxygens (including phenoxy) is 1. The predicted octanol–water partition coefficient (Wildman–Crippen LogP) is 3.48. The first-order valence-corrected chi connectivity index (χ1v) is 9.19. The van der Waals surface area contributed by atoms with Gasteiger partial charge in [-0.2, -0.15) is 0 Å². The molecule has 2 rings (SSSR count). The summed E-state index contributed by atoms with van der Waals surface area (Å²) in [5.41, 5.74) is 3.17. The first-order valence-electron chi connectivity index (χ1n) is 9.19. The van der Waals surface area contributed by atoms with Crippen LogP contribution in [0.15, 0.2) is 42.5 Å². The summed E-state index contributed by atoms with van der Waals surface area (Å²) in [5.74, 6) is -1.03. The maximum Gasteiger partial charge on any atom is 0.338 e. The number of amides is 2. The summed E-state index contributed by atoms with van der Waals surface area (Å²) in [6.45, 7) is 7.95. The van der Waals surface area contributed by atoms with Crippen molar-refractivity contribution < 1.29 is 19.1 Å². The molecule has 0 heterocycles. The van der Waals surface area contributed by atoms with E-state index in [1.807, 2.05) is 33.8 Å². The molecule has 28 heavy (non-hydrogen) atoms. The number of aryl methyl sites for hydroxylation is 2. The molecule has 0 radical (unpaired) electrons. The van der Waals surface area contributed by atoms with E-state index < -0.39 is 18.5 Å². The lowest BCUT2D eigenvalue weighted by atomic mass is 10.1. The highest BCUT2D eigenvalue weighted by Crippen LogP contribution is 2.15. The lowest BCUT2D eigenvalue weighted by Gasteiger charge is -2.13. The van der Waals surface area contributed by atoms with Crippen LogP contribution < -0.4 is 10.6 Å². The number of anilines is 1. The Morgan fingerprint density at radius 1 is 1.00 bits per heavy atom. The number of carbonyl (C=O) groups excluding carboxylic acids is 3.